The number of likely N-dealkylation sites (tertiary alicyclic amines) is 1. The fourth-order valence-corrected chi connectivity index (χ4v) is 3.60. The average molecular weight is 393 g/mol. The van der Waals surface area contributed by atoms with Crippen LogP contribution >= 0.6 is 0 Å². The molecule has 0 spiro atoms. The zero-order chi connectivity index (χ0) is 20.1. The summed E-state index contributed by atoms with van der Waals surface area (Å²) in [5.41, 5.74) is 0. The van der Waals surface area contributed by atoms with E-state index in [0.717, 1.165) is 39.0 Å². The molecule has 0 aromatic carbocycles. The second-order valence-electron chi connectivity index (χ2n) is 8.16. The number of aromatic nitrogens is 2. The maximum Gasteiger partial charge on any atom is 0.318 e. The van der Waals surface area contributed by atoms with E-state index in [9.17, 15) is 9.59 Å². The van der Waals surface area contributed by atoms with Crippen molar-refractivity contribution < 1.29 is 14.1 Å². The Bertz CT molecular complexity index is 668. The van der Waals surface area contributed by atoms with E-state index in [1.165, 1.54) is 0 Å². The van der Waals surface area contributed by atoms with Gasteiger partial charge in [0.2, 0.25) is 11.8 Å². The van der Waals surface area contributed by atoms with Gasteiger partial charge in [0.25, 0.3) is 0 Å². The van der Waals surface area contributed by atoms with E-state index < -0.39 is 0 Å². The van der Waals surface area contributed by atoms with Gasteiger partial charge in [-0.15, -0.1) is 0 Å². The minimum absolute atomic E-state index is 0.0761. The number of likely N-dealkylation sites (N-methyl/N-ethyl adjacent to an activating group) is 1. The first-order valence-corrected chi connectivity index (χ1v) is 10.3. The number of nitrogens with zero attached hydrogens (tertiary/aromatic N) is 5. The van der Waals surface area contributed by atoms with Gasteiger partial charge in [0.15, 0.2) is 5.82 Å². The van der Waals surface area contributed by atoms with Gasteiger partial charge in [-0.05, 0) is 25.8 Å². The number of hydrogen-bond acceptors (Lipinski definition) is 6. The van der Waals surface area contributed by atoms with Crippen LogP contribution in [0.25, 0.3) is 0 Å². The zero-order valence-electron chi connectivity index (χ0n) is 17.2. The minimum atomic E-state index is -0.155. The Morgan fingerprint density at radius 1 is 1.21 bits per heavy atom. The van der Waals surface area contributed by atoms with Crippen molar-refractivity contribution in [3.8, 4) is 0 Å². The number of rotatable bonds is 6. The van der Waals surface area contributed by atoms with Crippen molar-refractivity contribution >= 4 is 11.9 Å². The van der Waals surface area contributed by atoms with E-state index >= 15 is 0 Å². The lowest BCUT2D eigenvalue weighted by atomic mass is 10.2. The normalized spacial score (nSPS) is 20.8. The zero-order valence-corrected chi connectivity index (χ0v) is 17.2. The summed E-state index contributed by atoms with van der Waals surface area (Å²) in [6.45, 7) is 8.83. The molecule has 156 valence electrons. The van der Waals surface area contributed by atoms with Crippen molar-refractivity contribution in [2.75, 3.05) is 46.3 Å². The van der Waals surface area contributed by atoms with E-state index in [1.54, 1.807) is 4.90 Å². The Labute approximate surface area is 166 Å². The summed E-state index contributed by atoms with van der Waals surface area (Å²) < 4.78 is 5.36. The molecule has 3 heterocycles. The number of urea groups is 1. The predicted octanol–water partition coefficient (Wildman–Crippen LogP) is 1.28. The Hall–Kier alpha value is -2.16. The molecule has 1 aromatic rings. The highest BCUT2D eigenvalue weighted by Crippen LogP contribution is 2.30. The molecule has 3 rings (SSSR count). The first-order valence-electron chi connectivity index (χ1n) is 10.3. The average Bonchev–Trinajstić information content (AvgIpc) is 3.33. The standard InChI is InChI=1S/C19H32N6O3/c1-14(2)13-20-19(27)25-8-4-5-15(25)18-21-16(28-22-18)6-7-17(26)24-11-9-23(3)10-12-24/h14-15H,4-13H2,1-3H3,(H,20,27). The molecule has 1 atom stereocenters. The molecule has 2 aliphatic rings. The fraction of sp³-hybridized carbons (Fsp3) is 0.789. The quantitative estimate of drug-likeness (QED) is 0.784. The van der Waals surface area contributed by atoms with Crippen LogP contribution in [0.4, 0.5) is 4.79 Å². The molecule has 0 saturated carbocycles. The summed E-state index contributed by atoms with van der Waals surface area (Å²) in [7, 11) is 2.07. The molecule has 1 N–H and O–H groups in total. The molecular formula is C19H32N6O3. The topological polar surface area (TPSA) is 94.8 Å². The highest BCUT2D eigenvalue weighted by molar-refractivity contribution is 5.76. The molecule has 0 aliphatic carbocycles. The van der Waals surface area contributed by atoms with Gasteiger partial charge in [-0.25, -0.2) is 4.79 Å². The largest absolute Gasteiger partial charge is 0.340 e. The van der Waals surface area contributed by atoms with Crippen molar-refractivity contribution in [1.29, 1.82) is 0 Å². The van der Waals surface area contributed by atoms with E-state index in [2.05, 4.69) is 41.3 Å². The second kappa shape index (κ2) is 9.36. The lowest BCUT2D eigenvalue weighted by Crippen LogP contribution is -2.47. The summed E-state index contributed by atoms with van der Waals surface area (Å²) in [6, 6.07) is -0.231. The van der Waals surface area contributed by atoms with E-state index in [4.69, 9.17) is 4.52 Å². The van der Waals surface area contributed by atoms with E-state index in [0.29, 0.717) is 43.6 Å². The van der Waals surface area contributed by atoms with Gasteiger partial charge in [-0.2, -0.15) is 4.98 Å². The maximum atomic E-state index is 12.4. The van der Waals surface area contributed by atoms with Gasteiger partial charge in [0.1, 0.15) is 0 Å². The fourth-order valence-electron chi connectivity index (χ4n) is 3.60. The number of carbonyl (C=O) groups excluding carboxylic acids is 2. The number of amides is 3. The smallest absolute Gasteiger partial charge is 0.318 e. The molecule has 2 fully saturated rings. The van der Waals surface area contributed by atoms with Crippen LogP contribution in [-0.2, 0) is 11.2 Å². The highest BCUT2D eigenvalue weighted by atomic mass is 16.5. The number of hydrogen-bond donors (Lipinski definition) is 1. The SMILES string of the molecule is CC(C)CNC(=O)N1CCCC1c1noc(CCC(=O)N2CCN(C)CC2)n1. The summed E-state index contributed by atoms with van der Waals surface area (Å²) in [5, 5.41) is 7.04. The summed E-state index contributed by atoms with van der Waals surface area (Å²) >= 11 is 0. The molecule has 28 heavy (non-hydrogen) atoms. The first-order chi connectivity index (χ1) is 13.4. The molecule has 3 amide bonds. The number of carbonyl (C=O) groups is 2. The molecule has 9 heteroatoms. The van der Waals surface area contributed by atoms with Crippen molar-refractivity contribution in [3.05, 3.63) is 11.7 Å². The van der Waals surface area contributed by atoms with Crippen molar-refractivity contribution in [3.63, 3.8) is 0 Å². The maximum absolute atomic E-state index is 12.4. The van der Waals surface area contributed by atoms with Crippen LogP contribution < -0.4 is 5.32 Å². The monoisotopic (exact) mass is 392 g/mol. The van der Waals surface area contributed by atoms with E-state index in [-0.39, 0.29) is 18.0 Å². The van der Waals surface area contributed by atoms with Crippen LogP contribution in [0.3, 0.4) is 0 Å². The van der Waals surface area contributed by atoms with Gasteiger partial charge in [0, 0.05) is 52.1 Å². The Kier molecular flexibility index (Phi) is 6.88. The molecule has 9 nitrogen and oxygen atoms in total. The second-order valence-corrected chi connectivity index (χ2v) is 8.16. The van der Waals surface area contributed by atoms with Crippen molar-refractivity contribution in [1.82, 2.24) is 30.2 Å². The van der Waals surface area contributed by atoms with Crippen LogP contribution in [0.2, 0.25) is 0 Å². The molecule has 1 unspecified atom stereocenters. The number of nitrogens with one attached hydrogen (secondary N) is 1. The molecule has 2 saturated heterocycles. The summed E-state index contributed by atoms with van der Waals surface area (Å²) in [4.78, 5) is 35.2. The van der Waals surface area contributed by atoms with Gasteiger partial charge in [-0.1, -0.05) is 19.0 Å². The lowest BCUT2D eigenvalue weighted by molar-refractivity contribution is -0.132. The van der Waals surface area contributed by atoms with Crippen molar-refractivity contribution in [2.24, 2.45) is 5.92 Å². The Morgan fingerprint density at radius 2 is 1.96 bits per heavy atom. The molecule has 1 aromatic heterocycles. The first kappa shape index (κ1) is 20.6. The minimum Gasteiger partial charge on any atom is -0.340 e. The van der Waals surface area contributed by atoms with Crippen LogP contribution in [0.1, 0.15) is 50.9 Å². The predicted molar refractivity (Wildman–Crippen MR) is 104 cm³/mol. The number of aryl methyl sites for hydroxylation is 1. The summed E-state index contributed by atoms with van der Waals surface area (Å²) in [5.74, 6) is 1.54. The van der Waals surface area contributed by atoms with Gasteiger partial charge >= 0.3 is 6.03 Å². The third-order valence-electron chi connectivity index (χ3n) is 5.37. The van der Waals surface area contributed by atoms with Crippen LogP contribution in [0.15, 0.2) is 4.52 Å². The third kappa shape index (κ3) is 5.21. The Balaban J connectivity index is 1.51. The van der Waals surface area contributed by atoms with Gasteiger partial charge in [-0.3, -0.25) is 4.79 Å². The lowest BCUT2D eigenvalue weighted by Gasteiger charge is -2.32. The molecule has 0 bridgehead atoms. The van der Waals surface area contributed by atoms with Crippen LogP contribution in [-0.4, -0.2) is 83.1 Å². The Morgan fingerprint density at radius 3 is 2.68 bits per heavy atom. The van der Waals surface area contributed by atoms with E-state index in [1.807, 2.05) is 4.90 Å². The summed E-state index contributed by atoms with van der Waals surface area (Å²) in [6.07, 6.45) is 2.55. The highest BCUT2D eigenvalue weighted by Gasteiger charge is 2.33. The van der Waals surface area contributed by atoms with Crippen molar-refractivity contribution in [2.45, 2.75) is 45.6 Å². The third-order valence-corrected chi connectivity index (χ3v) is 5.37. The van der Waals surface area contributed by atoms with Gasteiger partial charge in [0.05, 0.1) is 6.04 Å². The molecular weight excluding hydrogens is 360 g/mol. The van der Waals surface area contributed by atoms with Crippen LogP contribution in [0.5, 0.6) is 0 Å². The van der Waals surface area contributed by atoms with Crippen LogP contribution in [0, 0.1) is 5.92 Å². The molecule has 2 aliphatic heterocycles. The number of piperazine rings is 1. The molecule has 0 radical (unpaired) electrons. The van der Waals surface area contributed by atoms with Gasteiger partial charge < -0.3 is 24.5 Å².